The van der Waals surface area contributed by atoms with Crippen molar-refractivity contribution in [2.24, 2.45) is 0 Å². The van der Waals surface area contributed by atoms with Gasteiger partial charge in [0.1, 0.15) is 0 Å². The van der Waals surface area contributed by atoms with Crippen molar-refractivity contribution in [2.75, 3.05) is 0 Å². The fourth-order valence-corrected chi connectivity index (χ4v) is 3.60. The summed E-state index contributed by atoms with van der Waals surface area (Å²) in [7, 11) is 0. The minimum absolute atomic E-state index is 1.02. The number of ether oxygens (including phenoxy) is 1. The van der Waals surface area contributed by atoms with Gasteiger partial charge in [-0.15, -0.1) is 0 Å². The van der Waals surface area contributed by atoms with Crippen LogP contribution in [-0.4, -0.2) is 0 Å². The third-order valence-electron chi connectivity index (χ3n) is 4.57. The van der Waals surface area contributed by atoms with Crippen molar-refractivity contribution >= 4 is 32.3 Å². The molecule has 0 aliphatic carbocycles. The van der Waals surface area contributed by atoms with Crippen LogP contribution in [-0.2, 0) is 6.42 Å². The van der Waals surface area contributed by atoms with E-state index >= 15 is 0 Å². The lowest BCUT2D eigenvalue weighted by molar-refractivity contribution is 0.657. The lowest BCUT2D eigenvalue weighted by Crippen LogP contribution is -1.87. The Morgan fingerprint density at radius 1 is 0.762 bits per heavy atom. The fraction of sp³-hybridized carbons (Fsp3) is 0.100. The second-order valence-corrected chi connectivity index (χ2v) is 5.66. The first-order valence-electron chi connectivity index (χ1n) is 7.45. The standard InChI is InChI=1S/C20H14O/c1-2-13-14-8-4-3-7-12(14)11-17-15-9-5-6-10-16(15)19-20(21-19)18(13)17/h3-11H,2H2,1H3. The molecule has 1 nitrogen and oxygen atoms in total. The molecule has 0 N–H and O–H groups in total. The van der Waals surface area contributed by atoms with E-state index in [2.05, 4.69) is 61.5 Å². The molecule has 0 radical (unpaired) electrons. The average Bonchev–Trinajstić information content (AvgIpc) is 3.34. The summed E-state index contributed by atoms with van der Waals surface area (Å²) < 4.78 is 5.86. The molecule has 0 amide bonds. The van der Waals surface area contributed by atoms with Gasteiger partial charge < -0.3 is 4.74 Å². The molecule has 0 spiro atoms. The molecule has 0 unspecified atom stereocenters. The molecule has 1 aliphatic rings. The van der Waals surface area contributed by atoms with E-state index < -0.39 is 0 Å². The van der Waals surface area contributed by atoms with Gasteiger partial charge in [-0.3, -0.25) is 0 Å². The van der Waals surface area contributed by atoms with Crippen LogP contribution in [0.3, 0.4) is 0 Å². The van der Waals surface area contributed by atoms with Gasteiger partial charge in [0.25, 0.3) is 0 Å². The van der Waals surface area contributed by atoms with E-state index in [-0.39, 0.29) is 0 Å². The minimum Gasteiger partial charge on any atom is -0.448 e. The number of hydrogen-bond acceptors (Lipinski definition) is 1. The van der Waals surface area contributed by atoms with Crippen molar-refractivity contribution in [3.63, 3.8) is 0 Å². The molecule has 21 heavy (non-hydrogen) atoms. The average molecular weight is 270 g/mol. The Bertz CT molecular complexity index is 1040. The highest BCUT2D eigenvalue weighted by molar-refractivity contribution is 6.21. The van der Waals surface area contributed by atoms with Gasteiger partial charge in [0.15, 0.2) is 11.5 Å². The quantitative estimate of drug-likeness (QED) is 0.212. The Hall–Kier alpha value is -2.54. The van der Waals surface area contributed by atoms with Gasteiger partial charge in [-0.2, -0.15) is 0 Å². The lowest BCUT2D eigenvalue weighted by atomic mass is 9.92. The number of hydrogen-bond donors (Lipinski definition) is 0. The molecule has 100 valence electrons. The van der Waals surface area contributed by atoms with Crippen LogP contribution in [0.5, 0.6) is 11.5 Å². The largest absolute Gasteiger partial charge is 0.448 e. The summed E-state index contributed by atoms with van der Waals surface area (Å²) in [6.07, 6.45) is 1.02. The van der Waals surface area contributed by atoms with Gasteiger partial charge in [-0.1, -0.05) is 55.5 Å². The Kier molecular flexibility index (Phi) is 2.00. The maximum absolute atomic E-state index is 5.86. The molecule has 1 heterocycles. The van der Waals surface area contributed by atoms with Crippen molar-refractivity contribution in [1.82, 2.24) is 0 Å². The maximum Gasteiger partial charge on any atom is 0.178 e. The Morgan fingerprint density at radius 3 is 2.29 bits per heavy atom. The first kappa shape index (κ1) is 11.2. The smallest absolute Gasteiger partial charge is 0.178 e. The summed E-state index contributed by atoms with van der Waals surface area (Å²) in [4.78, 5) is 0. The number of benzene rings is 4. The van der Waals surface area contributed by atoms with Crippen molar-refractivity contribution in [3.8, 4) is 11.5 Å². The zero-order chi connectivity index (χ0) is 14.0. The third kappa shape index (κ3) is 1.36. The van der Waals surface area contributed by atoms with Gasteiger partial charge in [-0.25, -0.2) is 0 Å². The van der Waals surface area contributed by atoms with Crippen LogP contribution in [0.2, 0.25) is 0 Å². The zero-order valence-corrected chi connectivity index (χ0v) is 11.8. The Balaban J connectivity index is 2.13. The maximum atomic E-state index is 5.86. The second kappa shape index (κ2) is 3.76. The van der Waals surface area contributed by atoms with Gasteiger partial charge in [0, 0.05) is 10.8 Å². The summed E-state index contributed by atoms with van der Waals surface area (Å²) >= 11 is 0. The molecule has 0 saturated carbocycles. The van der Waals surface area contributed by atoms with Crippen LogP contribution in [0, 0.1) is 0 Å². The summed E-state index contributed by atoms with van der Waals surface area (Å²) in [5.74, 6) is 2.16. The molecular formula is C20H14O. The highest BCUT2D eigenvalue weighted by Crippen LogP contribution is 2.57. The molecule has 0 saturated heterocycles. The molecule has 5 rings (SSSR count). The molecule has 0 bridgehead atoms. The van der Waals surface area contributed by atoms with Crippen LogP contribution in [0.25, 0.3) is 32.3 Å². The number of fused-ring (bicyclic) bond motifs is 7. The summed E-state index contributed by atoms with van der Waals surface area (Å²) in [5, 5.41) is 7.82. The van der Waals surface area contributed by atoms with Gasteiger partial charge in [0.05, 0.1) is 0 Å². The molecule has 1 aliphatic heterocycles. The van der Waals surface area contributed by atoms with Gasteiger partial charge >= 0.3 is 0 Å². The SMILES string of the molecule is CCc1c2ccccc2cc2c1c1c(c3ccccc32)O1. The predicted molar refractivity (Wildman–Crippen MR) is 88.4 cm³/mol. The highest BCUT2D eigenvalue weighted by atomic mass is 16.6. The second-order valence-electron chi connectivity index (χ2n) is 5.66. The van der Waals surface area contributed by atoms with E-state index in [1.54, 1.807) is 0 Å². The number of rotatable bonds is 1. The highest BCUT2D eigenvalue weighted by Gasteiger charge is 2.29. The third-order valence-corrected chi connectivity index (χ3v) is 4.57. The first-order chi connectivity index (χ1) is 10.4. The van der Waals surface area contributed by atoms with Crippen LogP contribution < -0.4 is 4.74 Å². The van der Waals surface area contributed by atoms with E-state index in [0.717, 1.165) is 17.9 Å². The van der Waals surface area contributed by atoms with E-state index in [0.29, 0.717) is 0 Å². The van der Waals surface area contributed by atoms with E-state index in [1.807, 2.05) is 0 Å². The topological polar surface area (TPSA) is 12.5 Å². The summed E-state index contributed by atoms with van der Waals surface area (Å²) in [5.41, 5.74) is 1.41. The molecule has 1 heteroatoms. The molecule has 4 aromatic rings. The zero-order valence-electron chi connectivity index (χ0n) is 11.8. The van der Waals surface area contributed by atoms with Crippen LogP contribution in [0.1, 0.15) is 12.5 Å². The molecule has 4 aromatic carbocycles. The Labute approximate surface area is 122 Å². The van der Waals surface area contributed by atoms with Gasteiger partial charge in [0.2, 0.25) is 0 Å². The van der Waals surface area contributed by atoms with Crippen molar-refractivity contribution < 1.29 is 4.74 Å². The Morgan fingerprint density at radius 2 is 1.48 bits per heavy atom. The van der Waals surface area contributed by atoms with Crippen LogP contribution >= 0.6 is 0 Å². The predicted octanol–water partition coefficient (Wildman–Crippen LogP) is 5.81. The molecule has 0 fully saturated rings. The molecule has 0 aromatic heterocycles. The normalized spacial score (nSPS) is 12.6. The fourth-order valence-electron chi connectivity index (χ4n) is 3.60. The van der Waals surface area contributed by atoms with Crippen molar-refractivity contribution in [1.29, 1.82) is 0 Å². The van der Waals surface area contributed by atoms with E-state index in [9.17, 15) is 0 Å². The van der Waals surface area contributed by atoms with Crippen LogP contribution in [0.15, 0.2) is 54.6 Å². The molecule has 0 atom stereocenters. The first-order valence-corrected chi connectivity index (χ1v) is 7.45. The number of aryl methyl sites for hydroxylation is 1. The van der Waals surface area contributed by atoms with Crippen molar-refractivity contribution in [2.45, 2.75) is 13.3 Å². The van der Waals surface area contributed by atoms with Crippen LogP contribution in [0.4, 0.5) is 0 Å². The van der Waals surface area contributed by atoms with Crippen molar-refractivity contribution in [3.05, 3.63) is 60.2 Å². The van der Waals surface area contributed by atoms with E-state index in [4.69, 9.17) is 4.74 Å². The van der Waals surface area contributed by atoms with E-state index in [1.165, 1.54) is 37.9 Å². The van der Waals surface area contributed by atoms with Gasteiger partial charge in [-0.05, 0) is 39.6 Å². The minimum atomic E-state index is 1.02. The monoisotopic (exact) mass is 270 g/mol. The lowest BCUT2D eigenvalue weighted by Gasteiger charge is -2.10. The molecular weight excluding hydrogens is 256 g/mol. The summed E-state index contributed by atoms with van der Waals surface area (Å²) in [6.45, 7) is 2.23. The summed E-state index contributed by atoms with van der Waals surface area (Å²) in [6, 6.07) is 19.5.